The molecule has 0 saturated heterocycles. The molecule has 0 amide bonds. The number of hydrogen-bond donors (Lipinski definition) is 0. The maximum atomic E-state index is 13.2. The quantitative estimate of drug-likeness (QED) is 0.627. The number of aromatic nitrogens is 3. The third kappa shape index (κ3) is 1.98. The second kappa shape index (κ2) is 3.79. The Morgan fingerprint density at radius 1 is 1.18 bits per heavy atom. The Morgan fingerprint density at radius 3 is 2.18 bits per heavy atom. The van der Waals surface area contributed by atoms with Crippen LogP contribution in [0.5, 0.6) is 0 Å². The first kappa shape index (κ1) is 12.5. The van der Waals surface area contributed by atoms with Crippen molar-refractivity contribution in [2.45, 2.75) is 36.9 Å². The van der Waals surface area contributed by atoms with Crippen LogP contribution in [0, 0.1) is 0 Å². The molecule has 96 valence electrons. The molecule has 9 heteroatoms. The van der Waals surface area contributed by atoms with E-state index in [-0.39, 0.29) is 11.7 Å². The number of alkyl halides is 6. The standard InChI is InChI=1S/C8H7ClF5N3/c9-3-5-15-16-6(17(5)4-1-2-4)7(10,11)8(12,13)14/h4H,1-3H2. The molecule has 1 fully saturated rings. The van der Waals surface area contributed by atoms with E-state index in [9.17, 15) is 22.0 Å². The Kier molecular flexibility index (Phi) is 2.80. The maximum absolute atomic E-state index is 13.2. The van der Waals surface area contributed by atoms with Crippen molar-refractivity contribution in [2.24, 2.45) is 0 Å². The fourth-order valence-electron chi connectivity index (χ4n) is 1.47. The summed E-state index contributed by atoms with van der Waals surface area (Å²) in [6, 6.07) is -0.401. The number of rotatable bonds is 3. The average molecular weight is 276 g/mol. The second-order valence-electron chi connectivity index (χ2n) is 3.75. The lowest BCUT2D eigenvalue weighted by molar-refractivity contribution is -0.293. The minimum Gasteiger partial charge on any atom is -0.305 e. The highest BCUT2D eigenvalue weighted by molar-refractivity contribution is 6.16. The van der Waals surface area contributed by atoms with E-state index in [1.165, 1.54) is 0 Å². The molecule has 1 aromatic heterocycles. The van der Waals surface area contributed by atoms with Crippen LogP contribution in [0.2, 0.25) is 0 Å². The zero-order valence-corrected chi connectivity index (χ0v) is 9.06. The first-order valence-electron chi connectivity index (χ1n) is 4.73. The first-order chi connectivity index (χ1) is 7.79. The third-order valence-corrected chi connectivity index (χ3v) is 2.67. The van der Waals surface area contributed by atoms with Gasteiger partial charge in [0.15, 0.2) is 0 Å². The summed E-state index contributed by atoms with van der Waals surface area (Å²) in [5.41, 5.74) is 0. The van der Waals surface area contributed by atoms with Crippen molar-refractivity contribution in [1.29, 1.82) is 0 Å². The van der Waals surface area contributed by atoms with E-state index in [4.69, 9.17) is 11.6 Å². The molecule has 2 rings (SSSR count). The number of hydrogen-bond acceptors (Lipinski definition) is 2. The van der Waals surface area contributed by atoms with Crippen molar-refractivity contribution >= 4 is 11.6 Å². The summed E-state index contributed by atoms with van der Waals surface area (Å²) in [4.78, 5) is 0. The van der Waals surface area contributed by atoms with Crippen molar-refractivity contribution in [3.8, 4) is 0 Å². The lowest BCUT2D eigenvalue weighted by Crippen LogP contribution is -2.36. The average Bonchev–Trinajstić information content (AvgIpc) is 2.95. The Bertz CT molecular complexity index is 423. The molecule has 1 aliphatic carbocycles. The second-order valence-corrected chi connectivity index (χ2v) is 4.01. The molecular formula is C8H7ClF5N3. The van der Waals surface area contributed by atoms with Crippen LogP contribution < -0.4 is 0 Å². The summed E-state index contributed by atoms with van der Waals surface area (Å²) in [5.74, 6) is -6.69. The largest absolute Gasteiger partial charge is 0.461 e. The maximum Gasteiger partial charge on any atom is 0.461 e. The van der Waals surface area contributed by atoms with E-state index < -0.39 is 24.0 Å². The van der Waals surface area contributed by atoms with Gasteiger partial charge in [-0.1, -0.05) is 0 Å². The fraction of sp³-hybridized carbons (Fsp3) is 0.750. The van der Waals surface area contributed by atoms with Crippen LogP contribution in [0.4, 0.5) is 22.0 Å². The fourth-order valence-corrected chi connectivity index (χ4v) is 1.65. The topological polar surface area (TPSA) is 30.7 Å². The summed E-state index contributed by atoms with van der Waals surface area (Å²) in [6.45, 7) is 0. The molecule has 3 nitrogen and oxygen atoms in total. The number of nitrogens with zero attached hydrogens (tertiary/aromatic N) is 3. The van der Waals surface area contributed by atoms with Gasteiger partial charge in [-0.25, -0.2) is 0 Å². The van der Waals surface area contributed by atoms with E-state index >= 15 is 0 Å². The predicted molar refractivity (Wildman–Crippen MR) is 47.8 cm³/mol. The molecule has 1 heterocycles. The van der Waals surface area contributed by atoms with E-state index in [0.29, 0.717) is 12.8 Å². The highest BCUT2D eigenvalue weighted by Gasteiger charge is 2.62. The molecule has 0 atom stereocenters. The lowest BCUT2D eigenvalue weighted by atomic mass is 10.3. The van der Waals surface area contributed by atoms with Gasteiger partial charge >= 0.3 is 12.1 Å². The van der Waals surface area contributed by atoms with Crippen molar-refractivity contribution in [3.63, 3.8) is 0 Å². The van der Waals surface area contributed by atoms with E-state index in [1.54, 1.807) is 0 Å². The summed E-state index contributed by atoms with van der Waals surface area (Å²) in [6.07, 6.45) is -4.62. The van der Waals surface area contributed by atoms with Gasteiger partial charge in [-0.05, 0) is 12.8 Å². The van der Waals surface area contributed by atoms with Gasteiger partial charge in [0.1, 0.15) is 5.82 Å². The summed E-state index contributed by atoms with van der Waals surface area (Å²) >= 11 is 5.43. The van der Waals surface area contributed by atoms with Crippen molar-refractivity contribution in [1.82, 2.24) is 14.8 Å². The molecule has 1 aliphatic rings. The minimum atomic E-state index is -5.68. The van der Waals surface area contributed by atoms with Crippen LogP contribution in [0.1, 0.15) is 30.5 Å². The van der Waals surface area contributed by atoms with Gasteiger partial charge in [-0.15, -0.1) is 21.8 Å². The lowest BCUT2D eigenvalue weighted by Gasteiger charge is -2.19. The van der Waals surface area contributed by atoms with Gasteiger partial charge in [-0.2, -0.15) is 22.0 Å². The van der Waals surface area contributed by atoms with E-state index in [1.807, 2.05) is 0 Å². The molecule has 0 aromatic carbocycles. The molecule has 0 unspecified atom stereocenters. The molecule has 1 aromatic rings. The van der Waals surface area contributed by atoms with Crippen LogP contribution in [0.15, 0.2) is 0 Å². The zero-order chi connectivity index (χ0) is 12.8. The predicted octanol–water partition coefficient (Wildman–Crippen LogP) is 3.01. The van der Waals surface area contributed by atoms with Crippen LogP contribution in [0.25, 0.3) is 0 Å². The molecule has 0 radical (unpaired) electrons. The first-order valence-corrected chi connectivity index (χ1v) is 5.27. The SMILES string of the molecule is FC(F)(F)C(F)(F)c1nnc(CCl)n1C1CC1. The van der Waals surface area contributed by atoms with Crippen molar-refractivity contribution in [2.75, 3.05) is 0 Å². The van der Waals surface area contributed by atoms with Gasteiger partial charge < -0.3 is 4.57 Å². The molecule has 1 saturated carbocycles. The van der Waals surface area contributed by atoms with E-state index in [2.05, 4.69) is 10.2 Å². The van der Waals surface area contributed by atoms with Crippen molar-refractivity contribution in [3.05, 3.63) is 11.6 Å². The molecule has 0 bridgehead atoms. The smallest absolute Gasteiger partial charge is 0.305 e. The molecule has 0 N–H and O–H groups in total. The van der Waals surface area contributed by atoms with Gasteiger partial charge in [0.25, 0.3) is 0 Å². The van der Waals surface area contributed by atoms with Crippen LogP contribution in [-0.2, 0) is 11.8 Å². The minimum absolute atomic E-state index is 0.0620. The van der Waals surface area contributed by atoms with Gasteiger partial charge in [0.2, 0.25) is 5.82 Å². The highest BCUT2D eigenvalue weighted by atomic mass is 35.5. The van der Waals surface area contributed by atoms with Gasteiger partial charge in [0, 0.05) is 6.04 Å². The highest BCUT2D eigenvalue weighted by Crippen LogP contribution is 2.46. The van der Waals surface area contributed by atoms with E-state index in [0.717, 1.165) is 4.57 Å². The summed E-state index contributed by atoms with van der Waals surface area (Å²) in [5, 5.41) is 6.22. The molecular weight excluding hydrogens is 269 g/mol. The summed E-state index contributed by atoms with van der Waals surface area (Å²) < 4.78 is 63.8. The Balaban J connectivity index is 2.48. The summed E-state index contributed by atoms with van der Waals surface area (Å²) in [7, 11) is 0. The molecule has 17 heavy (non-hydrogen) atoms. The Morgan fingerprint density at radius 2 is 1.76 bits per heavy atom. The van der Waals surface area contributed by atoms with Gasteiger partial charge in [-0.3, -0.25) is 0 Å². The third-order valence-electron chi connectivity index (χ3n) is 2.43. The van der Waals surface area contributed by atoms with Crippen LogP contribution in [-0.4, -0.2) is 20.9 Å². The Labute approximate surface area is 97.6 Å². The number of halogens is 6. The normalized spacial score (nSPS) is 17.5. The van der Waals surface area contributed by atoms with Crippen LogP contribution >= 0.6 is 11.6 Å². The molecule has 0 spiro atoms. The van der Waals surface area contributed by atoms with Crippen molar-refractivity contribution < 1.29 is 22.0 Å². The monoisotopic (exact) mass is 275 g/mol. The molecule has 0 aliphatic heterocycles. The Hall–Kier alpha value is -0.920. The van der Waals surface area contributed by atoms with Gasteiger partial charge in [0.05, 0.1) is 5.88 Å². The zero-order valence-electron chi connectivity index (χ0n) is 8.31. The van der Waals surface area contributed by atoms with Crippen LogP contribution in [0.3, 0.4) is 0 Å².